The molecule has 1 heterocycles. The number of carbonyl (C=O) groups is 1. The molecule has 0 unspecified atom stereocenters. The SMILES string of the molecule is CC1(C)CCC(CNC(=O)C2(O)CCSCC2)CC1. The summed E-state index contributed by atoms with van der Waals surface area (Å²) in [6.45, 7) is 5.39. The topological polar surface area (TPSA) is 49.3 Å². The maximum atomic E-state index is 12.1. The molecule has 110 valence electrons. The van der Waals surface area contributed by atoms with Crippen LogP contribution in [0, 0.1) is 11.3 Å². The average Bonchev–Trinajstić information content (AvgIpc) is 2.38. The van der Waals surface area contributed by atoms with Crippen molar-refractivity contribution in [3.05, 3.63) is 0 Å². The van der Waals surface area contributed by atoms with Gasteiger partial charge >= 0.3 is 0 Å². The van der Waals surface area contributed by atoms with Crippen LogP contribution in [0.3, 0.4) is 0 Å². The van der Waals surface area contributed by atoms with Crippen LogP contribution >= 0.6 is 11.8 Å². The minimum absolute atomic E-state index is 0.141. The molecule has 19 heavy (non-hydrogen) atoms. The van der Waals surface area contributed by atoms with Crippen LogP contribution in [0.1, 0.15) is 52.4 Å². The lowest BCUT2D eigenvalue weighted by molar-refractivity contribution is -0.140. The van der Waals surface area contributed by atoms with Gasteiger partial charge in [-0.05, 0) is 61.4 Å². The first-order chi connectivity index (χ1) is 8.91. The van der Waals surface area contributed by atoms with Gasteiger partial charge in [0.05, 0.1) is 0 Å². The highest BCUT2D eigenvalue weighted by atomic mass is 32.2. The second-order valence-electron chi connectivity index (χ2n) is 6.96. The minimum atomic E-state index is -1.10. The summed E-state index contributed by atoms with van der Waals surface area (Å²) in [7, 11) is 0. The number of nitrogens with one attached hydrogen (secondary N) is 1. The molecule has 2 aliphatic rings. The normalized spacial score (nSPS) is 26.9. The lowest BCUT2D eigenvalue weighted by atomic mass is 9.73. The van der Waals surface area contributed by atoms with Crippen LogP contribution < -0.4 is 5.32 Å². The van der Waals surface area contributed by atoms with E-state index in [2.05, 4.69) is 19.2 Å². The molecule has 0 aromatic carbocycles. The van der Waals surface area contributed by atoms with Crippen LogP contribution in [0.25, 0.3) is 0 Å². The molecule has 1 aliphatic heterocycles. The zero-order valence-electron chi connectivity index (χ0n) is 12.2. The quantitative estimate of drug-likeness (QED) is 0.838. The lowest BCUT2D eigenvalue weighted by Gasteiger charge is -2.35. The molecule has 2 N–H and O–H groups in total. The Kier molecular flexibility index (Phi) is 4.83. The van der Waals surface area contributed by atoms with Crippen LogP contribution in [0.2, 0.25) is 0 Å². The summed E-state index contributed by atoms with van der Waals surface area (Å²) in [5, 5.41) is 13.3. The molecule has 1 amide bonds. The Morgan fingerprint density at radius 2 is 1.79 bits per heavy atom. The number of hydrogen-bond donors (Lipinski definition) is 2. The molecule has 4 heteroatoms. The third-order valence-electron chi connectivity index (χ3n) is 4.75. The van der Waals surface area contributed by atoms with Crippen molar-refractivity contribution in [3.8, 4) is 0 Å². The number of thioether (sulfide) groups is 1. The Hall–Kier alpha value is -0.220. The minimum Gasteiger partial charge on any atom is -0.380 e. The number of carbonyl (C=O) groups excluding carboxylic acids is 1. The van der Waals surface area contributed by atoms with Gasteiger partial charge in [-0.15, -0.1) is 0 Å². The molecule has 0 aromatic heterocycles. The maximum absolute atomic E-state index is 12.1. The highest BCUT2D eigenvalue weighted by molar-refractivity contribution is 7.99. The Morgan fingerprint density at radius 3 is 2.37 bits per heavy atom. The van der Waals surface area contributed by atoms with E-state index in [0.29, 0.717) is 24.2 Å². The smallest absolute Gasteiger partial charge is 0.252 e. The van der Waals surface area contributed by atoms with Crippen molar-refractivity contribution in [1.29, 1.82) is 0 Å². The van der Waals surface area contributed by atoms with Gasteiger partial charge in [0, 0.05) is 6.54 Å². The largest absolute Gasteiger partial charge is 0.380 e. The fraction of sp³-hybridized carbons (Fsp3) is 0.933. The number of hydrogen-bond acceptors (Lipinski definition) is 3. The fourth-order valence-electron chi connectivity index (χ4n) is 3.00. The summed E-state index contributed by atoms with van der Waals surface area (Å²) in [5.74, 6) is 2.24. The summed E-state index contributed by atoms with van der Waals surface area (Å²) >= 11 is 1.82. The molecule has 3 nitrogen and oxygen atoms in total. The van der Waals surface area contributed by atoms with Crippen LogP contribution in [0.15, 0.2) is 0 Å². The van der Waals surface area contributed by atoms with Crippen LogP contribution in [-0.4, -0.2) is 34.7 Å². The molecule has 0 aromatic rings. The monoisotopic (exact) mass is 285 g/mol. The maximum Gasteiger partial charge on any atom is 0.252 e. The Balaban J connectivity index is 1.75. The number of aliphatic hydroxyl groups is 1. The van der Waals surface area contributed by atoms with E-state index in [0.717, 1.165) is 18.1 Å². The number of rotatable bonds is 3. The van der Waals surface area contributed by atoms with Gasteiger partial charge in [0.15, 0.2) is 0 Å². The van der Waals surface area contributed by atoms with Gasteiger partial charge in [-0.25, -0.2) is 0 Å². The fourth-order valence-corrected chi connectivity index (χ4v) is 4.17. The molecule has 1 saturated heterocycles. The van der Waals surface area contributed by atoms with E-state index >= 15 is 0 Å². The van der Waals surface area contributed by atoms with Gasteiger partial charge < -0.3 is 10.4 Å². The van der Waals surface area contributed by atoms with E-state index in [9.17, 15) is 9.90 Å². The zero-order valence-corrected chi connectivity index (χ0v) is 13.0. The van der Waals surface area contributed by atoms with E-state index in [1.54, 1.807) is 0 Å². The van der Waals surface area contributed by atoms with Gasteiger partial charge in [-0.2, -0.15) is 11.8 Å². The average molecular weight is 285 g/mol. The Morgan fingerprint density at radius 1 is 1.21 bits per heavy atom. The summed E-state index contributed by atoms with van der Waals surface area (Å²) in [6.07, 6.45) is 6.08. The molecule has 0 atom stereocenters. The van der Waals surface area contributed by atoms with Crippen molar-refractivity contribution in [2.24, 2.45) is 11.3 Å². The zero-order chi connectivity index (χ0) is 13.9. The molecular formula is C15H27NO2S. The molecule has 1 saturated carbocycles. The van der Waals surface area contributed by atoms with Gasteiger partial charge in [0.1, 0.15) is 5.60 Å². The molecule has 2 rings (SSSR count). The summed E-state index contributed by atoms with van der Waals surface area (Å²) in [5.41, 5.74) is -0.626. The first kappa shape index (κ1) is 15.2. The van der Waals surface area contributed by atoms with Crippen LogP contribution in [0.4, 0.5) is 0 Å². The van der Waals surface area contributed by atoms with Gasteiger partial charge in [0.2, 0.25) is 0 Å². The standard InChI is InChI=1S/C15H27NO2S/c1-14(2)5-3-12(4-6-14)11-16-13(17)15(18)7-9-19-10-8-15/h12,18H,3-11H2,1-2H3,(H,16,17). The van der Waals surface area contributed by atoms with Crippen LogP contribution in [0.5, 0.6) is 0 Å². The third-order valence-corrected chi connectivity index (χ3v) is 5.74. The van der Waals surface area contributed by atoms with E-state index in [1.807, 2.05) is 11.8 Å². The molecule has 0 spiro atoms. The van der Waals surface area contributed by atoms with Crippen LogP contribution in [-0.2, 0) is 4.79 Å². The Bertz CT molecular complexity index is 314. The summed E-state index contributed by atoms with van der Waals surface area (Å²) in [6, 6.07) is 0. The van der Waals surface area contributed by atoms with Crippen molar-refractivity contribution >= 4 is 17.7 Å². The predicted molar refractivity (Wildman–Crippen MR) is 80.3 cm³/mol. The molecule has 2 fully saturated rings. The van der Waals surface area contributed by atoms with Crippen molar-refractivity contribution < 1.29 is 9.90 Å². The molecule has 0 bridgehead atoms. The number of amides is 1. The van der Waals surface area contributed by atoms with Crippen molar-refractivity contribution in [3.63, 3.8) is 0 Å². The van der Waals surface area contributed by atoms with Gasteiger partial charge in [0.25, 0.3) is 5.91 Å². The van der Waals surface area contributed by atoms with E-state index in [4.69, 9.17) is 0 Å². The second-order valence-corrected chi connectivity index (χ2v) is 8.19. The van der Waals surface area contributed by atoms with Gasteiger partial charge in [-0.1, -0.05) is 13.8 Å². The first-order valence-corrected chi connectivity index (χ1v) is 8.65. The van der Waals surface area contributed by atoms with E-state index in [1.165, 1.54) is 25.7 Å². The predicted octanol–water partition coefficient (Wildman–Crippen LogP) is 2.58. The molecular weight excluding hydrogens is 258 g/mol. The Labute approximate surface area is 120 Å². The molecule has 1 aliphatic carbocycles. The lowest BCUT2D eigenvalue weighted by Crippen LogP contribution is -2.50. The molecule has 0 radical (unpaired) electrons. The third kappa shape index (κ3) is 4.12. The highest BCUT2D eigenvalue weighted by Gasteiger charge is 2.37. The van der Waals surface area contributed by atoms with E-state index in [-0.39, 0.29) is 5.91 Å². The first-order valence-electron chi connectivity index (χ1n) is 7.50. The van der Waals surface area contributed by atoms with Gasteiger partial charge in [-0.3, -0.25) is 4.79 Å². The highest BCUT2D eigenvalue weighted by Crippen LogP contribution is 2.37. The van der Waals surface area contributed by atoms with Crippen molar-refractivity contribution in [1.82, 2.24) is 5.32 Å². The second kappa shape index (κ2) is 6.04. The van der Waals surface area contributed by atoms with Crippen molar-refractivity contribution in [2.45, 2.75) is 58.0 Å². The van der Waals surface area contributed by atoms with E-state index < -0.39 is 5.60 Å². The van der Waals surface area contributed by atoms with Crippen molar-refractivity contribution in [2.75, 3.05) is 18.1 Å². The summed E-state index contributed by atoms with van der Waals surface area (Å²) in [4.78, 5) is 12.1. The summed E-state index contributed by atoms with van der Waals surface area (Å²) < 4.78 is 0.